The summed E-state index contributed by atoms with van der Waals surface area (Å²) in [6.07, 6.45) is 1.42. The molecule has 0 rings (SSSR count). The van der Waals surface area contributed by atoms with Gasteiger partial charge in [-0.05, 0) is 19.8 Å². The summed E-state index contributed by atoms with van der Waals surface area (Å²) >= 11 is 0. The Bertz CT molecular complexity index is 187. The maximum Gasteiger partial charge on any atom is 0.236 e. The standard InChI is InChI=1S/C8H18N4O/c1-6(9)12-5-3-4-7(10)8(13)11-2/h7H,3-5,10H2,1-2H3,(H2,9,12)(H,11,13)/t7-/m0/s1. The van der Waals surface area contributed by atoms with Crippen molar-refractivity contribution in [1.82, 2.24) is 5.32 Å². The highest BCUT2D eigenvalue weighted by molar-refractivity contribution is 5.81. The summed E-state index contributed by atoms with van der Waals surface area (Å²) in [4.78, 5) is 14.9. The van der Waals surface area contributed by atoms with Crippen molar-refractivity contribution in [2.75, 3.05) is 13.6 Å². The molecule has 0 aliphatic heterocycles. The number of nitrogens with zero attached hydrogens (tertiary/aromatic N) is 1. The van der Waals surface area contributed by atoms with Crippen LogP contribution in [0.4, 0.5) is 0 Å². The van der Waals surface area contributed by atoms with Gasteiger partial charge in [0.1, 0.15) is 0 Å². The van der Waals surface area contributed by atoms with E-state index in [0.29, 0.717) is 18.8 Å². The Kier molecular flexibility index (Phi) is 5.88. The van der Waals surface area contributed by atoms with Crippen LogP contribution in [-0.4, -0.2) is 31.4 Å². The van der Waals surface area contributed by atoms with Crippen molar-refractivity contribution in [2.24, 2.45) is 16.5 Å². The van der Waals surface area contributed by atoms with E-state index in [1.165, 1.54) is 0 Å². The summed E-state index contributed by atoms with van der Waals surface area (Å²) in [5, 5.41) is 2.49. The van der Waals surface area contributed by atoms with Crippen molar-refractivity contribution < 1.29 is 4.79 Å². The van der Waals surface area contributed by atoms with Gasteiger partial charge in [-0.15, -0.1) is 0 Å². The number of carbonyl (C=O) groups excluding carboxylic acids is 1. The number of likely N-dealkylation sites (N-methyl/N-ethyl adjacent to an activating group) is 1. The lowest BCUT2D eigenvalue weighted by Crippen LogP contribution is -2.38. The molecule has 0 saturated heterocycles. The molecule has 0 spiro atoms. The Hall–Kier alpha value is -1.10. The molecule has 0 aromatic heterocycles. The number of aliphatic imine (C=N–C) groups is 1. The molecule has 0 saturated carbocycles. The second-order valence-electron chi connectivity index (χ2n) is 2.89. The van der Waals surface area contributed by atoms with Crippen LogP contribution in [0.15, 0.2) is 4.99 Å². The molecule has 1 amide bonds. The monoisotopic (exact) mass is 186 g/mol. The van der Waals surface area contributed by atoms with Gasteiger partial charge in [-0.3, -0.25) is 9.79 Å². The van der Waals surface area contributed by atoms with Gasteiger partial charge in [0, 0.05) is 13.6 Å². The fraction of sp³-hybridized carbons (Fsp3) is 0.750. The SMILES string of the molecule is CNC(=O)[C@@H](N)CCCN=C(C)N. The molecule has 5 heteroatoms. The molecule has 1 atom stereocenters. The fourth-order valence-corrected chi connectivity index (χ4v) is 0.883. The number of rotatable bonds is 5. The minimum absolute atomic E-state index is 0.131. The minimum Gasteiger partial charge on any atom is -0.388 e. The first-order chi connectivity index (χ1) is 6.07. The number of amidine groups is 1. The van der Waals surface area contributed by atoms with E-state index < -0.39 is 6.04 Å². The third-order valence-electron chi connectivity index (χ3n) is 1.62. The highest BCUT2D eigenvalue weighted by Gasteiger charge is 2.09. The van der Waals surface area contributed by atoms with Crippen LogP contribution >= 0.6 is 0 Å². The predicted octanol–water partition coefficient (Wildman–Crippen LogP) is -0.783. The summed E-state index contributed by atoms with van der Waals surface area (Å²) < 4.78 is 0. The zero-order valence-electron chi connectivity index (χ0n) is 8.21. The first-order valence-corrected chi connectivity index (χ1v) is 4.31. The summed E-state index contributed by atoms with van der Waals surface area (Å²) in [5.74, 6) is 0.432. The van der Waals surface area contributed by atoms with Gasteiger partial charge in [-0.1, -0.05) is 0 Å². The van der Waals surface area contributed by atoms with Crippen molar-refractivity contribution >= 4 is 11.7 Å². The zero-order valence-corrected chi connectivity index (χ0v) is 8.21. The third kappa shape index (κ3) is 6.10. The molecule has 76 valence electrons. The summed E-state index contributed by atoms with van der Waals surface area (Å²) in [6, 6.07) is -0.432. The van der Waals surface area contributed by atoms with Crippen LogP contribution in [0.3, 0.4) is 0 Å². The molecular weight excluding hydrogens is 168 g/mol. The number of carbonyl (C=O) groups is 1. The molecule has 5 nitrogen and oxygen atoms in total. The smallest absolute Gasteiger partial charge is 0.236 e. The number of hydrogen-bond donors (Lipinski definition) is 3. The summed E-state index contributed by atoms with van der Waals surface area (Å²) in [7, 11) is 1.57. The van der Waals surface area contributed by atoms with Crippen LogP contribution in [0.5, 0.6) is 0 Å². The highest BCUT2D eigenvalue weighted by atomic mass is 16.2. The van der Waals surface area contributed by atoms with Gasteiger partial charge >= 0.3 is 0 Å². The average Bonchev–Trinajstić information content (AvgIpc) is 2.10. The molecule has 0 aliphatic rings. The first-order valence-electron chi connectivity index (χ1n) is 4.31. The fourth-order valence-electron chi connectivity index (χ4n) is 0.883. The van der Waals surface area contributed by atoms with Gasteiger partial charge in [0.15, 0.2) is 0 Å². The van der Waals surface area contributed by atoms with Crippen LogP contribution < -0.4 is 16.8 Å². The highest BCUT2D eigenvalue weighted by Crippen LogP contribution is 1.94. The van der Waals surface area contributed by atoms with E-state index in [4.69, 9.17) is 11.5 Å². The van der Waals surface area contributed by atoms with Crippen molar-refractivity contribution in [3.63, 3.8) is 0 Å². The van der Waals surface area contributed by atoms with Gasteiger partial charge in [0.25, 0.3) is 0 Å². The van der Waals surface area contributed by atoms with Crippen LogP contribution in [0.25, 0.3) is 0 Å². The Balaban J connectivity index is 3.53. The van der Waals surface area contributed by atoms with E-state index in [1.807, 2.05) is 0 Å². The van der Waals surface area contributed by atoms with Gasteiger partial charge in [-0.2, -0.15) is 0 Å². The van der Waals surface area contributed by atoms with E-state index in [0.717, 1.165) is 6.42 Å². The van der Waals surface area contributed by atoms with Gasteiger partial charge < -0.3 is 16.8 Å². The molecule has 0 unspecified atom stereocenters. The molecule has 0 aromatic rings. The lowest BCUT2D eigenvalue weighted by molar-refractivity contribution is -0.122. The predicted molar refractivity (Wildman–Crippen MR) is 53.4 cm³/mol. The average molecular weight is 186 g/mol. The number of nitrogens with two attached hydrogens (primary N) is 2. The molecule has 5 N–H and O–H groups in total. The van der Waals surface area contributed by atoms with E-state index >= 15 is 0 Å². The molecule has 0 fully saturated rings. The number of amides is 1. The molecule has 0 aliphatic carbocycles. The van der Waals surface area contributed by atoms with E-state index in [9.17, 15) is 4.79 Å². The largest absolute Gasteiger partial charge is 0.388 e. The zero-order chi connectivity index (χ0) is 10.3. The summed E-state index contributed by atoms with van der Waals surface area (Å²) in [6.45, 7) is 2.37. The Labute approximate surface area is 78.6 Å². The third-order valence-corrected chi connectivity index (χ3v) is 1.62. The van der Waals surface area contributed by atoms with Crippen molar-refractivity contribution in [1.29, 1.82) is 0 Å². The quantitative estimate of drug-likeness (QED) is 0.298. The molecule has 0 heterocycles. The molecular formula is C8H18N4O. The Morgan fingerprint density at radius 2 is 2.23 bits per heavy atom. The number of nitrogens with one attached hydrogen (secondary N) is 1. The van der Waals surface area contributed by atoms with Gasteiger partial charge in [0.05, 0.1) is 11.9 Å². The Morgan fingerprint density at radius 1 is 1.62 bits per heavy atom. The van der Waals surface area contributed by atoms with Crippen molar-refractivity contribution in [3.05, 3.63) is 0 Å². The van der Waals surface area contributed by atoms with Crippen LogP contribution in [-0.2, 0) is 4.79 Å². The van der Waals surface area contributed by atoms with Gasteiger partial charge in [0.2, 0.25) is 5.91 Å². The van der Waals surface area contributed by atoms with E-state index in [-0.39, 0.29) is 5.91 Å². The number of hydrogen-bond acceptors (Lipinski definition) is 3. The minimum atomic E-state index is -0.432. The van der Waals surface area contributed by atoms with Crippen LogP contribution in [0, 0.1) is 0 Å². The molecule has 0 radical (unpaired) electrons. The van der Waals surface area contributed by atoms with Crippen LogP contribution in [0.1, 0.15) is 19.8 Å². The second kappa shape index (κ2) is 6.42. The summed E-state index contributed by atoms with van der Waals surface area (Å²) in [5.41, 5.74) is 10.9. The lowest BCUT2D eigenvalue weighted by atomic mass is 10.1. The first kappa shape index (κ1) is 11.9. The maximum absolute atomic E-state index is 10.9. The van der Waals surface area contributed by atoms with E-state index in [1.54, 1.807) is 14.0 Å². The van der Waals surface area contributed by atoms with Crippen molar-refractivity contribution in [3.8, 4) is 0 Å². The lowest BCUT2D eigenvalue weighted by Gasteiger charge is -2.07. The maximum atomic E-state index is 10.9. The Morgan fingerprint density at radius 3 is 2.69 bits per heavy atom. The second-order valence-corrected chi connectivity index (χ2v) is 2.89. The molecule has 0 aromatic carbocycles. The molecule has 0 bridgehead atoms. The van der Waals surface area contributed by atoms with E-state index in [2.05, 4.69) is 10.3 Å². The molecule has 13 heavy (non-hydrogen) atoms. The van der Waals surface area contributed by atoms with Crippen LogP contribution in [0.2, 0.25) is 0 Å². The normalized spacial score (nSPS) is 13.9. The van der Waals surface area contributed by atoms with Gasteiger partial charge in [-0.25, -0.2) is 0 Å². The topological polar surface area (TPSA) is 93.5 Å². The van der Waals surface area contributed by atoms with Crippen molar-refractivity contribution in [2.45, 2.75) is 25.8 Å².